The molecule has 0 saturated heterocycles. The van der Waals surface area contributed by atoms with Crippen molar-refractivity contribution in [2.45, 2.75) is 26.1 Å². The molecule has 0 amide bonds. The molecule has 0 radical (unpaired) electrons. The minimum Gasteiger partial charge on any atom is -0.383 e. The van der Waals surface area contributed by atoms with Gasteiger partial charge >= 0.3 is 0 Å². The van der Waals surface area contributed by atoms with Crippen LogP contribution in [0.15, 0.2) is 5.38 Å². The van der Waals surface area contributed by atoms with Crippen LogP contribution in [0.5, 0.6) is 0 Å². The molecule has 1 heterocycles. The lowest BCUT2D eigenvalue weighted by atomic mass is 10.2. The smallest absolute Gasteiger partial charge is 0.124 e. The normalized spacial score (nSPS) is 12.0. The largest absolute Gasteiger partial charge is 0.383 e. The number of ether oxygens (including phenoxy) is 1. The van der Waals surface area contributed by atoms with Crippen LogP contribution in [0.3, 0.4) is 0 Å². The van der Waals surface area contributed by atoms with Crippen molar-refractivity contribution in [2.75, 3.05) is 7.11 Å². The summed E-state index contributed by atoms with van der Waals surface area (Å²) in [6.07, 6.45) is 0. The van der Waals surface area contributed by atoms with Crippen LogP contribution in [0.2, 0.25) is 0 Å². The highest BCUT2D eigenvalue weighted by Gasteiger charge is 2.19. The average Bonchev–Trinajstić information content (AvgIpc) is 2.35. The van der Waals surface area contributed by atoms with E-state index in [0.717, 1.165) is 10.7 Å². The third-order valence-corrected chi connectivity index (χ3v) is 2.57. The molecule has 1 aromatic heterocycles. The zero-order valence-corrected chi connectivity index (χ0v) is 8.31. The van der Waals surface area contributed by atoms with Crippen LogP contribution in [0, 0.1) is 0 Å². The predicted octanol–water partition coefficient (Wildman–Crippen LogP) is 1.52. The number of methoxy groups -OCH3 is 1. The molecule has 0 fully saturated rings. The summed E-state index contributed by atoms with van der Waals surface area (Å²) in [5, 5.41) is 12.2. The second-order valence-corrected chi connectivity index (χ2v) is 3.99. The summed E-state index contributed by atoms with van der Waals surface area (Å²) in [6.45, 7) is 3.96. The molecule has 0 aliphatic carbocycles. The van der Waals surface area contributed by atoms with Crippen molar-refractivity contribution < 1.29 is 9.84 Å². The standard InChI is InChI=1S/C8H13NO2S/c1-8(2,10)7-9-6(4-11-3)5-12-7/h5,10H,4H2,1-3H3. The number of nitrogens with zero attached hydrogens (tertiary/aromatic N) is 1. The molecule has 1 aromatic rings. The van der Waals surface area contributed by atoms with Crippen LogP contribution in [-0.4, -0.2) is 17.2 Å². The van der Waals surface area contributed by atoms with E-state index in [9.17, 15) is 5.11 Å². The Morgan fingerprint density at radius 1 is 1.67 bits per heavy atom. The molecule has 0 aromatic carbocycles. The number of hydrogen-bond acceptors (Lipinski definition) is 4. The van der Waals surface area contributed by atoms with Gasteiger partial charge in [-0.1, -0.05) is 0 Å². The fourth-order valence-electron chi connectivity index (χ4n) is 0.802. The fourth-order valence-corrected chi connectivity index (χ4v) is 1.63. The number of aromatic nitrogens is 1. The first-order valence-electron chi connectivity index (χ1n) is 3.70. The van der Waals surface area contributed by atoms with E-state index in [-0.39, 0.29) is 0 Å². The summed E-state index contributed by atoms with van der Waals surface area (Å²) in [5.74, 6) is 0. The van der Waals surface area contributed by atoms with Gasteiger partial charge in [-0.05, 0) is 13.8 Å². The van der Waals surface area contributed by atoms with E-state index < -0.39 is 5.60 Å². The highest BCUT2D eigenvalue weighted by molar-refractivity contribution is 7.09. The second-order valence-electron chi connectivity index (χ2n) is 3.14. The third kappa shape index (κ3) is 2.27. The highest BCUT2D eigenvalue weighted by atomic mass is 32.1. The SMILES string of the molecule is COCc1csc(C(C)(C)O)n1. The quantitative estimate of drug-likeness (QED) is 0.780. The topological polar surface area (TPSA) is 42.4 Å². The molecule has 12 heavy (non-hydrogen) atoms. The molecule has 3 nitrogen and oxygen atoms in total. The van der Waals surface area contributed by atoms with Crippen LogP contribution in [0.1, 0.15) is 24.5 Å². The van der Waals surface area contributed by atoms with Crippen molar-refractivity contribution in [1.82, 2.24) is 4.98 Å². The van der Waals surface area contributed by atoms with E-state index in [1.165, 1.54) is 11.3 Å². The van der Waals surface area contributed by atoms with Crippen molar-refractivity contribution in [2.24, 2.45) is 0 Å². The van der Waals surface area contributed by atoms with Crippen LogP contribution in [0.25, 0.3) is 0 Å². The van der Waals surface area contributed by atoms with E-state index >= 15 is 0 Å². The van der Waals surface area contributed by atoms with Crippen molar-refractivity contribution >= 4 is 11.3 Å². The minimum absolute atomic E-state index is 0.507. The van der Waals surface area contributed by atoms with Gasteiger partial charge in [-0.25, -0.2) is 4.98 Å². The first-order valence-corrected chi connectivity index (χ1v) is 4.58. The Hall–Kier alpha value is -0.450. The molecule has 0 aliphatic rings. The molecular formula is C8H13NO2S. The fraction of sp³-hybridized carbons (Fsp3) is 0.625. The highest BCUT2D eigenvalue weighted by Crippen LogP contribution is 2.23. The van der Waals surface area contributed by atoms with Crippen molar-refractivity contribution in [3.05, 3.63) is 16.1 Å². The average molecular weight is 187 g/mol. The lowest BCUT2D eigenvalue weighted by Gasteiger charge is -2.12. The Balaban J connectivity index is 2.77. The minimum atomic E-state index is -0.837. The molecule has 0 bridgehead atoms. The van der Waals surface area contributed by atoms with Gasteiger partial charge in [-0.2, -0.15) is 0 Å². The summed E-state index contributed by atoms with van der Waals surface area (Å²) < 4.78 is 4.92. The first-order chi connectivity index (χ1) is 5.54. The molecule has 0 unspecified atom stereocenters. The Labute approximate surface area is 76.0 Å². The summed E-state index contributed by atoms with van der Waals surface area (Å²) in [7, 11) is 1.63. The van der Waals surface area contributed by atoms with Gasteiger partial charge in [0.1, 0.15) is 10.6 Å². The molecule has 68 valence electrons. The Kier molecular flexibility index (Phi) is 2.82. The maximum atomic E-state index is 9.58. The van der Waals surface area contributed by atoms with E-state index in [2.05, 4.69) is 4.98 Å². The van der Waals surface area contributed by atoms with E-state index in [4.69, 9.17) is 4.74 Å². The van der Waals surface area contributed by atoms with Crippen LogP contribution in [-0.2, 0) is 16.9 Å². The Bertz CT molecular complexity index is 252. The van der Waals surface area contributed by atoms with Crippen LogP contribution < -0.4 is 0 Å². The van der Waals surface area contributed by atoms with Crippen LogP contribution in [0.4, 0.5) is 0 Å². The predicted molar refractivity (Wildman–Crippen MR) is 48.1 cm³/mol. The Morgan fingerprint density at radius 3 is 2.75 bits per heavy atom. The summed E-state index contributed by atoms with van der Waals surface area (Å²) in [4.78, 5) is 4.21. The zero-order valence-electron chi connectivity index (χ0n) is 7.50. The number of thiazole rings is 1. The van der Waals surface area contributed by atoms with Gasteiger partial charge in [0, 0.05) is 12.5 Å². The monoisotopic (exact) mass is 187 g/mol. The van der Waals surface area contributed by atoms with E-state index in [1.807, 2.05) is 5.38 Å². The van der Waals surface area contributed by atoms with Crippen LogP contribution >= 0.6 is 11.3 Å². The summed E-state index contributed by atoms with van der Waals surface area (Å²) in [6, 6.07) is 0. The number of rotatable bonds is 3. The van der Waals surface area contributed by atoms with Gasteiger partial charge in [-0.15, -0.1) is 11.3 Å². The van der Waals surface area contributed by atoms with Gasteiger partial charge in [0.25, 0.3) is 0 Å². The molecule has 0 spiro atoms. The molecule has 4 heteroatoms. The van der Waals surface area contributed by atoms with Gasteiger partial charge in [0.05, 0.1) is 12.3 Å². The van der Waals surface area contributed by atoms with Crippen molar-refractivity contribution in [3.63, 3.8) is 0 Å². The summed E-state index contributed by atoms with van der Waals surface area (Å²) >= 11 is 1.46. The van der Waals surface area contributed by atoms with Gasteiger partial charge in [0.2, 0.25) is 0 Å². The molecule has 0 saturated carbocycles. The molecule has 1 rings (SSSR count). The maximum Gasteiger partial charge on any atom is 0.124 e. The van der Waals surface area contributed by atoms with E-state index in [0.29, 0.717) is 6.61 Å². The zero-order chi connectivity index (χ0) is 9.19. The van der Waals surface area contributed by atoms with Gasteiger partial charge in [-0.3, -0.25) is 0 Å². The van der Waals surface area contributed by atoms with Gasteiger partial charge < -0.3 is 9.84 Å². The molecular weight excluding hydrogens is 174 g/mol. The van der Waals surface area contributed by atoms with Crippen molar-refractivity contribution in [1.29, 1.82) is 0 Å². The number of aliphatic hydroxyl groups is 1. The Morgan fingerprint density at radius 2 is 2.33 bits per heavy atom. The first kappa shape index (κ1) is 9.64. The van der Waals surface area contributed by atoms with Gasteiger partial charge in [0.15, 0.2) is 0 Å². The molecule has 0 aliphatic heterocycles. The lowest BCUT2D eigenvalue weighted by molar-refractivity contribution is 0.0776. The lowest BCUT2D eigenvalue weighted by Crippen LogP contribution is -2.15. The molecule has 1 N–H and O–H groups in total. The molecule has 0 atom stereocenters. The van der Waals surface area contributed by atoms with E-state index in [1.54, 1.807) is 21.0 Å². The van der Waals surface area contributed by atoms with Crippen molar-refractivity contribution in [3.8, 4) is 0 Å². The number of hydrogen-bond donors (Lipinski definition) is 1. The maximum absolute atomic E-state index is 9.58. The second kappa shape index (κ2) is 3.51. The third-order valence-electron chi connectivity index (χ3n) is 1.37. The summed E-state index contributed by atoms with van der Waals surface area (Å²) in [5.41, 5.74) is 0.0380.